The minimum atomic E-state index is -0.357. The van der Waals surface area contributed by atoms with Crippen LogP contribution < -0.4 is 5.32 Å². The van der Waals surface area contributed by atoms with Crippen molar-refractivity contribution in [3.05, 3.63) is 11.6 Å². The third kappa shape index (κ3) is 1.94. The molecule has 1 saturated heterocycles. The standard InChI is InChI=1S/C6H7ClN2O2/c7-2-1-3-9-4-5(10)8-6(9)11/h1-2H,3-4H2,(H,8,10,11)/b2-1+. The number of hydrogen-bond acceptors (Lipinski definition) is 2. The zero-order valence-electron chi connectivity index (χ0n) is 5.71. The molecular weight excluding hydrogens is 168 g/mol. The fraction of sp³-hybridized carbons (Fsp3) is 0.333. The Labute approximate surface area is 68.8 Å². The van der Waals surface area contributed by atoms with Crippen LogP contribution in [0.2, 0.25) is 0 Å². The zero-order chi connectivity index (χ0) is 8.27. The van der Waals surface area contributed by atoms with Crippen molar-refractivity contribution in [2.45, 2.75) is 0 Å². The summed E-state index contributed by atoms with van der Waals surface area (Å²) in [4.78, 5) is 22.8. The van der Waals surface area contributed by atoms with Gasteiger partial charge in [0, 0.05) is 12.1 Å². The van der Waals surface area contributed by atoms with Crippen LogP contribution in [0.4, 0.5) is 4.79 Å². The number of urea groups is 1. The lowest BCUT2D eigenvalue weighted by atomic mass is 10.5. The summed E-state index contributed by atoms with van der Waals surface area (Å²) >= 11 is 5.24. The first-order valence-electron chi connectivity index (χ1n) is 3.08. The van der Waals surface area contributed by atoms with Gasteiger partial charge in [-0.25, -0.2) is 4.79 Å². The van der Waals surface area contributed by atoms with Crippen LogP contribution in [0.3, 0.4) is 0 Å². The molecule has 60 valence electrons. The predicted octanol–water partition coefficient (Wildman–Crippen LogP) is 0.291. The van der Waals surface area contributed by atoms with Crippen molar-refractivity contribution in [2.24, 2.45) is 0 Å². The number of amides is 3. The lowest BCUT2D eigenvalue weighted by Gasteiger charge is -2.07. The summed E-state index contributed by atoms with van der Waals surface area (Å²) in [5.41, 5.74) is 1.32. The number of hydrogen-bond donors (Lipinski definition) is 1. The first-order valence-corrected chi connectivity index (χ1v) is 3.51. The highest BCUT2D eigenvalue weighted by molar-refractivity contribution is 6.25. The van der Waals surface area contributed by atoms with E-state index in [0.717, 1.165) is 0 Å². The van der Waals surface area contributed by atoms with E-state index in [1.54, 1.807) is 6.08 Å². The third-order valence-corrected chi connectivity index (χ3v) is 1.46. The van der Waals surface area contributed by atoms with Gasteiger partial charge in [0.15, 0.2) is 0 Å². The molecule has 1 N–H and O–H groups in total. The van der Waals surface area contributed by atoms with Crippen LogP contribution in [0.5, 0.6) is 0 Å². The Morgan fingerprint density at radius 1 is 1.64 bits per heavy atom. The number of imide groups is 1. The van der Waals surface area contributed by atoms with Gasteiger partial charge in [-0.15, -0.1) is 0 Å². The highest BCUT2D eigenvalue weighted by atomic mass is 35.5. The number of carbonyl (C=O) groups is 2. The molecule has 0 aromatic carbocycles. The molecule has 0 unspecified atom stereocenters. The molecule has 4 nitrogen and oxygen atoms in total. The second-order valence-electron chi connectivity index (χ2n) is 2.10. The highest BCUT2D eigenvalue weighted by Crippen LogP contribution is 1.97. The second kappa shape index (κ2) is 3.39. The average Bonchev–Trinajstić information content (AvgIpc) is 2.26. The van der Waals surface area contributed by atoms with Gasteiger partial charge < -0.3 is 4.90 Å². The van der Waals surface area contributed by atoms with Crippen molar-refractivity contribution in [1.29, 1.82) is 0 Å². The van der Waals surface area contributed by atoms with E-state index < -0.39 is 0 Å². The molecule has 5 heteroatoms. The largest absolute Gasteiger partial charge is 0.324 e. The topological polar surface area (TPSA) is 49.4 Å². The third-order valence-electron chi connectivity index (χ3n) is 1.28. The van der Waals surface area contributed by atoms with Gasteiger partial charge in [-0.3, -0.25) is 10.1 Å². The summed E-state index contributed by atoms with van der Waals surface area (Å²) in [7, 11) is 0. The quantitative estimate of drug-likeness (QED) is 0.612. The molecule has 1 aliphatic rings. The van der Waals surface area contributed by atoms with Crippen LogP contribution in [-0.2, 0) is 4.79 Å². The maximum atomic E-state index is 10.8. The first-order chi connectivity index (χ1) is 5.24. The van der Waals surface area contributed by atoms with Crippen molar-refractivity contribution >= 4 is 23.5 Å². The summed E-state index contributed by atoms with van der Waals surface area (Å²) in [6.07, 6.45) is 1.60. The Morgan fingerprint density at radius 3 is 2.82 bits per heavy atom. The molecule has 0 radical (unpaired) electrons. The molecule has 0 atom stereocenters. The van der Waals surface area contributed by atoms with Crippen LogP contribution in [0.25, 0.3) is 0 Å². The summed E-state index contributed by atoms with van der Waals surface area (Å²) in [5, 5.41) is 2.15. The van der Waals surface area contributed by atoms with Gasteiger partial charge in [-0.2, -0.15) is 0 Å². The summed E-state index contributed by atoms with van der Waals surface area (Å²) in [6.45, 7) is 0.501. The van der Waals surface area contributed by atoms with Gasteiger partial charge in [0.25, 0.3) is 0 Å². The van der Waals surface area contributed by atoms with Crippen LogP contribution >= 0.6 is 11.6 Å². The Hall–Kier alpha value is -1.03. The van der Waals surface area contributed by atoms with E-state index in [-0.39, 0.29) is 18.5 Å². The van der Waals surface area contributed by atoms with Crippen LogP contribution in [0.15, 0.2) is 11.6 Å². The van der Waals surface area contributed by atoms with Crippen molar-refractivity contribution in [3.8, 4) is 0 Å². The summed E-state index contributed by atoms with van der Waals surface area (Å²) in [5.74, 6) is -0.266. The van der Waals surface area contributed by atoms with Gasteiger partial charge in [-0.05, 0) is 0 Å². The molecule has 1 fully saturated rings. The fourth-order valence-electron chi connectivity index (χ4n) is 0.798. The van der Waals surface area contributed by atoms with Gasteiger partial charge in [0.2, 0.25) is 5.91 Å². The molecule has 1 aliphatic heterocycles. The fourth-order valence-corrected chi connectivity index (χ4v) is 0.877. The molecule has 0 aromatic heterocycles. The predicted molar refractivity (Wildman–Crippen MR) is 40.1 cm³/mol. The SMILES string of the molecule is O=C1CN(C/C=C/Cl)C(=O)N1. The number of nitrogens with zero attached hydrogens (tertiary/aromatic N) is 1. The second-order valence-corrected chi connectivity index (χ2v) is 2.35. The maximum Gasteiger partial charge on any atom is 0.324 e. The smallest absolute Gasteiger partial charge is 0.311 e. The number of rotatable bonds is 2. The molecule has 0 spiro atoms. The molecule has 0 bridgehead atoms. The van der Waals surface area contributed by atoms with Crippen molar-refractivity contribution in [1.82, 2.24) is 10.2 Å². The van der Waals surface area contributed by atoms with Crippen molar-refractivity contribution in [2.75, 3.05) is 13.1 Å². The molecule has 1 rings (SSSR count). The van der Waals surface area contributed by atoms with E-state index in [0.29, 0.717) is 6.54 Å². The van der Waals surface area contributed by atoms with E-state index in [4.69, 9.17) is 11.6 Å². The number of halogens is 1. The van der Waals surface area contributed by atoms with Crippen LogP contribution in [-0.4, -0.2) is 29.9 Å². The average molecular weight is 175 g/mol. The molecule has 3 amide bonds. The lowest BCUT2D eigenvalue weighted by Crippen LogP contribution is -2.28. The highest BCUT2D eigenvalue weighted by Gasteiger charge is 2.24. The molecular formula is C6H7ClN2O2. The molecule has 0 aromatic rings. The van der Waals surface area contributed by atoms with Gasteiger partial charge >= 0.3 is 6.03 Å². The summed E-state index contributed by atoms with van der Waals surface area (Å²) < 4.78 is 0. The first kappa shape index (κ1) is 8.07. The van der Waals surface area contributed by atoms with E-state index in [1.165, 1.54) is 10.4 Å². The van der Waals surface area contributed by atoms with Crippen molar-refractivity contribution in [3.63, 3.8) is 0 Å². The number of carbonyl (C=O) groups excluding carboxylic acids is 2. The van der Waals surface area contributed by atoms with Crippen molar-refractivity contribution < 1.29 is 9.59 Å². The molecule has 0 aliphatic carbocycles. The zero-order valence-corrected chi connectivity index (χ0v) is 6.47. The lowest BCUT2D eigenvalue weighted by molar-refractivity contribution is -0.118. The van der Waals surface area contributed by atoms with E-state index >= 15 is 0 Å². The van der Waals surface area contributed by atoms with Crippen LogP contribution in [0.1, 0.15) is 0 Å². The van der Waals surface area contributed by atoms with Gasteiger partial charge in [0.1, 0.15) is 6.54 Å². The summed E-state index contributed by atoms with van der Waals surface area (Å²) in [6, 6.07) is -0.357. The van der Waals surface area contributed by atoms with E-state index in [1.807, 2.05) is 0 Å². The normalized spacial score (nSPS) is 18.1. The van der Waals surface area contributed by atoms with Crippen LogP contribution in [0, 0.1) is 0 Å². The van der Waals surface area contributed by atoms with E-state index in [9.17, 15) is 9.59 Å². The van der Waals surface area contributed by atoms with Gasteiger partial charge in [-0.1, -0.05) is 17.7 Å². The maximum absolute atomic E-state index is 10.8. The minimum absolute atomic E-state index is 0.125. The Balaban J connectivity index is 2.47. The monoisotopic (exact) mass is 174 g/mol. The van der Waals surface area contributed by atoms with E-state index in [2.05, 4.69) is 5.32 Å². The minimum Gasteiger partial charge on any atom is -0.311 e. The Bertz CT molecular complexity index is 215. The Kier molecular flexibility index (Phi) is 2.48. The Morgan fingerprint density at radius 2 is 2.36 bits per heavy atom. The number of nitrogens with one attached hydrogen (secondary N) is 1. The molecule has 1 heterocycles. The van der Waals surface area contributed by atoms with Gasteiger partial charge in [0.05, 0.1) is 0 Å². The molecule has 11 heavy (non-hydrogen) atoms. The molecule has 0 saturated carbocycles.